The molecule has 0 radical (unpaired) electrons. The van der Waals surface area contributed by atoms with Gasteiger partial charge in [-0.05, 0) is 36.8 Å². The molecule has 0 aromatic heterocycles. The van der Waals surface area contributed by atoms with E-state index >= 15 is 0 Å². The maximum absolute atomic E-state index is 12.3. The van der Waals surface area contributed by atoms with Gasteiger partial charge in [0.2, 0.25) is 0 Å². The number of carbonyl (C=O) groups excluding carboxylic acids is 1. The fraction of sp³-hybridized carbons (Fsp3) is 0.474. The Labute approximate surface area is 137 Å². The molecule has 0 unspecified atom stereocenters. The fourth-order valence-corrected chi connectivity index (χ4v) is 3.42. The van der Waals surface area contributed by atoms with Gasteiger partial charge in [0.05, 0.1) is 6.04 Å². The summed E-state index contributed by atoms with van der Waals surface area (Å²) in [4.78, 5) is 19.0. The molecule has 2 heterocycles. The highest BCUT2D eigenvalue weighted by molar-refractivity contribution is 6.40. The molecule has 4 rings (SSSR count). The molecule has 1 aliphatic carbocycles. The second-order valence-electron chi connectivity index (χ2n) is 6.94. The summed E-state index contributed by atoms with van der Waals surface area (Å²) in [6.07, 6.45) is 5.21. The third-order valence-corrected chi connectivity index (χ3v) is 5.20. The molecule has 4 nitrogen and oxygen atoms in total. The van der Waals surface area contributed by atoms with E-state index in [1.54, 1.807) is 0 Å². The minimum absolute atomic E-state index is 0.0221. The molecule has 1 amide bonds. The third kappa shape index (κ3) is 3.08. The van der Waals surface area contributed by atoms with Crippen molar-refractivity contribution < 1.29 is 4.79 Å². The van der Waals surface area contributed by atoms with Gasteiger partial charge >= 0.3 is 0 Å². The Hall–Kier alpha value is -1.94. The number of carbonyl (C=O) groups is 1. The molecule has 1 saturated carbocycles. The van der Waals surface area contributed by atoms with Crippen LogP contribution in [0.5, 0.6) is 0 Å². The van der Waals surface area contributed by atoms with Crippen molar-refractivity contribution in [2.45, 2.75) is 38.3 Å². The number of likely N-dealkylation sites (tertiary alicyclic amines) is 1. The summed E-state index contributed by atoms with van der Waals surface area (Å²) in [6.45, 7) is 4.05. The van der Waals surface area contributed by atoms with Crippen LogP contribution in [-0.4, -0.2) is 35.7 Å². The highest BCUT2D eigenvalue weighted by Crippen LogP contribution is 2.39. The van der Waals surface area contributed by atoms with Gasteiger partial charge in [-0.1, -0.05) is 30.3 Å². The molecule has 2 aliphatic heterocycles. The van der Waals surface area contributed by atoms with Crippen molar-refractivity contribution in [1.82, 2.24) is 10.2 Å². The van der Waals surface area contributed by atoms with Crippen LogP contribution in [-0.2, 0) is 4.79 Å². The van der Waals surface area contributed by atoms with Gasteiger partial charge in [0, 0.05) is 31.8 Å². The van der Waals surface area contributed by atoms with E-state index in [1.807, 2.05) is 12.3 Å². The lowest BCUT2D eigenvalue weighted by Gasteiger charge is -2.43. The molecule has 1 atom stereocenters. The third-order valence-electron chi connectivity index (χ3n) is 5.20. The average molecular weight is 309 g/mol. The summed E-state index contributed by atoms with van der Waals surface area (Å²) < 4.78 is 0. The lowest BCUT2D eigenvalue weighted by atomic mass is 10.00. The lowest BCUT2D eigenvalue weighted by Crippen LogP contribution is -2.60. The zero-order valence-electron chi connectivity index (χ0n) is 13.5. The quantitative estimate of drug-likeness (QED) is 0.909. The molecule has 1 N–H and O–H groups in total. The summed E-state index contributed by atoms with van der Waals surface area (Å²) in [6, 6.07) is 11.2. The molecule has 0 bridgehead atoms. The normalized spacial score (nSPS) is 23.0. The van der Waals surface area contributed by atoms with Gasteiger partial charge in [0.1, 0.15) is 5.71 Å². The highest BCUT2D eigenvalue weighted by atomic mass is 16.2. The van der Waals surface area contributed by atoms with Crippen molar-refractivity contribution in [2.75, 3.05) is 13.1 Å². The number of allylic oxidation sites excluding steroid dienone is 1. The summed E-state index contributed by atoms with van der Waals surface area (Å²) in [5.74, 6) is 0.726. The predicted molar refractivity (Wildman–Crippen MR) is 91.2 cm³/mol. The van der Waals surface area contributed by atoms with E-state index in [2.05, 4.69) is 46.4 Å². The van der Waals surface area contributed by atoms with Crippen LogP contribution in [0.1, 0.15) is 37.8 Å². The number of benzene rings is 1. The first-order valence-corrected chi connectivity index (χ1v) is 8.56. The number of hydrogen-bond acceptors (Lipinski definition) is 3. The van der Waals surface area contributed by atoms with Gasteiger partial charge in [-0.3, -0.25) is 14.7 Å². The van der Waals surface area contributed by atoms with Crippen LogP contribution in [0.25, 0.3) is 0 Å². The molecule has 2 fully saturated rings. The van der Waals surface area contributed by atoms with Gasteiger partial charge in [0.15, 0.2) is 0 Å². The topological polar surface area (TPSA) is 44.7 Å². The van der Waals surface area contributed by atoms with Crippen LogP contribution < -0.4 is 5.32 Å². The maximum Gasteiger partial charge on any atom is 0.266 e. The van der Waals surface area contributed by atoms with Crippen molar-refractivity contribution in [3.63, 3.8) is 0 Å². The first-order chi connectivity index (χ1) is 11.2. The van der Waals surface area contributed by atoms with Gasteiger partial charge in [0.25, 0.3) is 5.91 Å². The Morgan fingerprint density at radius 2 is 2.00 bits per heavy atom. The maximum atomic E-state index is 12.3. The van der Waals surface area contributed by atoms with E-state index in [1.165, 1.54) is 24.0 Å². The van der Waals surface area contributed by atoms with Crippen LogP contribution in [0.3, 0.4) is 0 Å². The van der Waals surface area contributed by atoms with E-state index in [0.717, 1.165) is 19.5 Å². The predicted octanol–water partition coefficient (Wildman–Crippen LogP) is 2.69. The fourth-order valence-electron chi connectivity index (χ4n) is 3.42. The highest BCUT2D eigenvalue weighted by Gasteiger charge is 2.34. The van der Waals surface area contributed by atoms with Crippen LogP contribution in [0.4, 0.5) is 0 Å². The van der Waals surface area contributed by atoms with Crippen molar-refractivity contribution in [2.24, 2.45) is 10.9 Å². The largest absolute Gasteiger partial charge is 0.346 e. The Bertz CT molecular complexity index is 654. The van der Waals surface area contributed by atoms with Crippen LogP contribution in [0.2, 0.25) is 0 Å². The molecule has 4 heteroatoms. The molecule has 1 aromatic carbocycles. The average Bonchev–Trinajstić information content (AvgIpc) is 3.27. The zero-order chi connectivity index (χ0) is 15.8. The molecule has 1 aromatic rings. The van der Waals surface area contributed by atoms with Crippen LogP contribution in [0, 0.1) is 5.92 Å². The minimum Gasteiger partial charge on any atom is -0.346 e. The number of nitrogens with zero attached hydrogens (tertiary/aromatic N) is 2. The SMILES string of the molecule is C[C@@H](c1ccccc1)N1CC(NC(=O)C2=NC=C(C3CC3)C2)C1. The van der Waals surface area contributed by atoms with Crippen molar-refractivity contribution in [1.29, 1.82) is 0 Å². The van der Waals surface area contributed by atoms with E-state index in [9.17, 15) is 4.79 Å². The molecular formula is C19H23N3O. The monoisotopic (exact) mass is 309 g/mol. The molecular weight excluding hydrogens is 286 g/mol. The van der Waals surface area contributed by atoms with E-state index in [4.69, 9.17) is 0 Å². The smallest absolute Gasteiger partial charge is 0.266 e. The number of hydrogen-bond donors (Lipinski definition) is 1. The second-order valence-corrected chi connectivity index (χ2v) is 6.94. The Morgan fingerprint density at radius 3 is 2.70 bits per heavy atom. The first-order valence-electron chi connectivity index (χ1n) is 8.56. The van der Waals surface area contributed by atoms with Gasteiger partial charge in [-0.25, -0.2) is 0 Å². The van der Waals surface area contributed by atoms with E-state index < -0.39 is 0 Å². The summed E-state index contributed by atoms with van der Waals surface area (Å²) >= 11 is 0. The number of aliphatic imine (C=N–C) groups is 1. The summed E-state index contributed by atoms with van der Waals surface area (Å²) in [7, 11) is 0. The Kier molecular flexibility index (Phi) is 3.77. The molecule has 120 valence electrons. The van der Waals surface area contributed by atoms with E-state index in [0.29, 0.717) is 17.7 Å². The first kappa shape index (κ1) is 14.6. The summed E-state index contributed by atoms with van der Waals surface area (Å²) in [5.41, 5.74) is 3.38. The second kappa shape index (κ2) is 5.93. The summed E-state index contributed by atoms with van der Waals surface area (Å²) in [5, 5.41) is 3.13. The van der Waals surface area contributed by atoms with Crippen molar-refractivity contribution in [3.05, 3.63) is 47.7 Å². The number of nitrogens with one attached hydrogen (secondary N) is 1. The van der Waals surface area contributed by atoms with Crippen molar-refractivity contribution >= 4 is 11.6 Å². The van der Waals surface area contributed by atoms with Crippen LogP contribution in [0.15, 0.2) is 47.1 Å². The Morgan fingerprint density at radius 1 is 1.26 bits per heavy atom. The molecule has 3 aliphatic rings. The number of amides is 1. The van der Waals surface area contributed by atoms with E-state index in [-0.39, 0.29) is 11.9 Å². The molecule has 0 spiro atoms. The molecule has 23 heavy (non-hydrogen) atoms. The minimum atomic E-state index is 0.0221. The lowest BCUT2D eigenvalue weighted by molar-refractivity contribution is -0.116. The zero-order valence-corrected chi connectivity index (χ0v) is 13.5. The van der Waals surface area contributed by atoms with Gasteiger partial charge in [-0.2, -0.15) is 0 Å². The molecule has 1 saturated heterocycles. The number of rotatable bonds is 5. The van der Waals surface area contributed by atoms with Crippen LogP contribution >= 0.6 is 0 Å². The standard InChI is InChI=1S/C19H23N3O/c1-13(14-5-3-2-4-6-14)22-11-17(12-22)21-19(23)18-9-16(10-20-18)15-7-8-15/h2-6,10,13,15,17H,7-9,11-12H2,1H3,(H,21,23)/t13-/m0/s1. The van der Waals surface area contributed by atoms with Crippen molar-refractivity contribution in [3.8, 4) is 0 Å². The Balaban J connectivity index is 1.24. The van der Waals surface area contributed by atoms with Gasteiger partial charge < -0.3 is 5.32 Å². The van der Waals surface area contributed by atoms with Gasteiger partial charge in [-0.15, -0.1) is 0 Å².